The lowest BCUT2D eigenvalue weighted by Gasteiger charge is -2.27. The van der Waals surface area contributed by atoms with E-state index < -0.39 is 10.0 Å². The molecular weight excluding hydrogens is 460 g/mol. The number of nitrogens with zero attached hydrogens (tertiary/aromatic N) is 2. The molecule has 2 saturated heterocycles. The highest BCUT2D eigenvalue weighted by Gasteiger charge is 2.30. The molecule has 168 valence electrons. The third-order valence-electron chi connectivity index (χ3n) is 5.43. The molecule has 0 spiro atoms. The number of amides is 1. The molecular formula is C21H25ClN2O5S2. The number of morpholine rings is 1. The van der Waals surface area contributed by atoms with E-state index in [4.69, 9.17) is 21.1 Å². The van der Waals surface area contributed by atoms with Crippen molar-refractivity contribution in [1.82, 2.24) is 9.21 Å². The van der Waals surface area contributed by atoms with Gasteiger partial charge in [0.1, 0.15) is 4.90 Å². The molecule has 1 aromatic heterocycles. The van der Waals surface area contributed by atoms with Crippen LogP contribution in [0.25, 0.3) is 0 Å². The minimum absolute atomic E-state index is 0.00670. The van der Waals surface area contributed by atoms with Crippen LogP contribution in [-0.2, 0) is 26.0 Å². The number of halogens is 1. The summed E-state index contributed by atoms with van der Waals surface area (Å²) in [7, 11) is -3.82. The van der Waals surface area contributed by atoms with E-state index in [-0.39, 0.29) is 35.0 Å². The molecule has 3 heterocycles. The Morgan fingerprint density at radius 2 is 2.03 bits per heavy atom. The van der Waals surface area contributed by atoms with Crippen molar-refractivity contribution in [3.05, 3.63) is 51.2 Å². The van der Waals surface area contributed by atoms with Gasteiger partial charge in [-0.15, -0.1) is 11.3 Å². The number of hydrogen-bond acceptors (Lipinski definition) is 6. The number of benzene rings is 1. The highest BCUT2D eigenvalue weighted by Crippen LogP contribution is 2.28. The summed E-state index contributed by atoms with van der Waals surface area (Å²) in [4.78, 5) is 16.2. The Kier molecular flexibility index (Phi) is 7.30. The van der Waals surface area contributed by atoms with Crippen molar-refractivity contribution < 1.29 is 22.7 Å². The normalized spacial score (nSPS) is 20.1. The van der Waals surface area contributed by atoms with Gasteiger partial charge in [-0.1, -0.05) is 17.7 Å². The van der Waals surface area contributed by atoms with Gasteiger partial charge in [0.2, 0.25) is 10.0 Å². The van der Waals surface area contributed by atoms with E-state index in [1.165, 1.54) is 16.4 Å². The summed E-state index contributed by atoms with van der Waals surface area (Å²) in [6, 6.07) is 8.39. The maximum atomic E-state index is 13.4. The fraction of sp³-hybridized carbons (Fsp3) is 0.476. The van der Waals surface area contributed by atoms with E-state index in [1.807, 2.05) is 17.5 Å². The average molecular weight is 485 g/mol. The van der Waals surface area contributed by atoms with Crippen molar-refractivity contribution in [1.29, 1.82) is 0 Å². The average Bonchev–Trinajstić information content (AvgIpc) is 3.48. The first-order chi connectivity index (χ1) is 14.9. The maximum absolute atomic E-state index is 13.4. The first-order valence-electron chi connectivity index (χ1n) is 10.3. The van der Waals surface area contributed by atoms with E-state index in [9.17, 15) is 13.2 Å². The number of carbonyl (C=O) groups is 1. The Morgan fingerprint density at radius 3 is 2.71 bits per heavy atom. The second-order valence-electron chi connectivity index (χ2n) is 7.56. The number of carbonyl (C=O) groups excluding carboxylic acids is 1. The monoisotopic (exact) mass is 484 g/mol. The van der Waals surface area contributed by atoms with Crippen molar-refractivity contribution in [2.24, 2.45) is 0 Å². The van der Waals surface area contributed by atoms with Crippen LogP contribution in [0.4, 0.5) is 0 Å². The second kappa shape index (κ2) is 9.97. The summed E-state index contributed by atoms with van der Waals surface area (Å²) in [6.07, 6.45) is 1.88. The van der Waals surface area contributed by atoms with Crippen LogP contribution in [0, 0.1) is 0 Å². The summed E-state index contributed by atoms with van der Waals surface area (Å²) in [5, 5.41) is 2.08. The van der Waals surface area contributed by atoms with Gasteiger partial charge in [0, 0.05) is 36.7 Å². The van der Waals surface area contributed by atoms with E-state index in [0.29, 0.717) is 38.5 Å². The first kappa shape index (κ1) is 22.7. The van der Waals surface area contributed by atoms with Gasteiger partial charge < -0.3 is 14.4 Å². The molecule has 0 bridgehead atoms. The Balaban J connectivity index is 1.61. The van der Waals surface area contributed by atoms with Gasteiger partial charge in [0.15, 0.2) is 0 Å². The van der Waals surface area contributed by atoms with Crippen molar-refractivity contribution in [2.45, 2.75) is 30.4 Å². The van der Waals surface area contributed by atoms with Crippen LogP contribution in [0.3, 0.4) is 0 Å². The van der Waals surface area contributed by atoms with Gasteiger partial charge in [0.05, 0.1) is 30.9 Å². The molecule has 1 aromatic carbocycles. The number of hydrogen-bond donors (Lipinski definition) is 0. The lowest BCUT2D eigenvalue weighted by atomic mass is 10.1. The summed E-state index contributed by atoms with van der Waals surface area (Å²) in [5.41, 5.74) is 0.297. The van der Waals surface area contributed by atoms with Crippen LogP contribution >= 0.6 is 22.9 Å². The molecule has 4 rings (SSSR count). The third kappa shape index (κ3) is 5.30. The summed E-state index contributed by atoms with van der Waals surface area (Å²) < 4.78 is 38.6. The smallest absolute Gasteiger partial charge is 0.254 e. The number of sulfonamides is 1. The molecule has 1 unspecified atom stereocenters. The SMILES string of the molecule is O=C(c1ccc(Cl)c(S(=O)(=O)N2CCOCC2)c1)N(Cc1cccs1)CC1CCCO1. The standard InChI is InChI=1S/C21H25ClN2O5S2/c22-19-6-5-16(13-20(19)31(26,27)24-7-10-28-11-8-24)21(25)23(14-17-3-1-9-29-17)15-18-4-2-12-30-18/h2,4-6,12-13,17H,1,3,7-11,14-15H2. The van der Waals surface area contributed by atoms with E-state index in [1.54, 1.807) is 22.3 Å². The Hall–Kier alpha value is -1.49. The molecule has 0 aliphatic carbocycles. The topological polar surface area (TPSA) is 76.2 Å². The molecule has 2 aliphatic rings. The van der Waals surface area contributed by atoms with Crippen LogP contribution in [0.1, 0.15) is 28.1 Å². The molecule has 2 aromatic rings. The van der Waals surface area contributed by atoms with E-state index in [2.05, 4.69) is 0 Å². The fourth-order valence-corrected chi connectivity index (χ4v) is 6.41. The summed E-state index contributed by atoms with van der Waals surface area (Å²) in [6.45, 7) is 2.82. The van der Waals surface area contributed by atoms with Gasteiger partial charge in [0.25, 0.3) is 5.91 Å². The molecule has 10 heteroatoms. The fourth-order valence-electron chi connectivity index (χ4n) is 3.79. The highest BCUT2D eigenvalue weighted by atomic mass is 35.5. The largest absolute Gasteiger partial charge is 0.379 e. The zero-order valence-corrected chi connectivity index (χ0v) is 19.4. The van der Waals surface area contributed by atoms with Crippen molar-refractivity contribution in [3.63, 3.8) is 0 Å². The van der Waals surface area contributed by atoms with Crippen LogP contribution < -0.4 is 0 Å². The number of rotatable bonds is 7. The molecule has 7 nitrogen and oxygen atoms in total. The van der Waals surface area contributed by atoms with E-state index >= 15 is 0 Å². The molecule has 31 heavy (non-hydrogen) atoms. The second-order valence-corrected chi connectivity index (χ2v) is 10.9. The summed E-state index contributed by atoms with van der Waals surface area (Å²) >= 11 is 7.84. The van der Waals surface area contributed by atoms with Gasteiger partial charge in [-0.05, 0) is 42.5 Å². The Morgan fingerprint density at radius 1 is 1.23 bits per heavy atom. The maximum Gasteiger partial charge on any atom is 0.254 e. The van der Waals surface area contributed by atoms with Crippen molar-refractivity contribution in [2.75, 3.05) is 39.5 Å². The summed E-state index contributed by atoms with van der Waals surface area (Å²) in [5.74, 6) is -0.237. The Labute approximate surface area is 191 Å². The van der Waals surface area contributed by atoms with Gasteiger partial charge in [-0.25, -0.2) is 8.42 Å². The van der Waals surface area contributed by atoms with E-state index in [0.717, 1.165) is 17.7 Å². The first-order valence-corrected chi connectivity index (χ1v) is 13.0. The van der Waals surface area contributed by atoms with Crippen molar-refractivity contribution >= 4 is 38.9 Å². The predicted molar refractivity (Wildman–Crippen MR) is 119 cm³/mol. The van der Waals surface area contributed by atoms with Gasteiger partial charge >= 0.3 is 0 Å². The lowest BCUT2D eigenvalue weighted by molar-refractivity contribution is 0.0509. The molecule has 1 atom stereocenters. The van der Waals surface area contributed by atoms with Crippen LogP contribution in [0.5, 0.6) is 0 Å². The van der Waals surface area contributed by atoms with Gasteiger partial charge in [-0.3, -0.25) is 4.79 Å². The number of ether oxygens (including phenoxy) is 2. The molecule has 0 radical (unpaired) electrons. The van der Waals surface area contributed by atoms with Crippen LogP contribution in [0.2, 0.25) is 5.02 Å². The van der Waals surface area contributed by atoms with Crippen molar-refractivity contribution in [3.8, 4) is 0 Å². The molecule has 2 fully saturated rings. The lowest BCUT2D eigenvalue weighted by Crippen LogP contribution is -2.41. The molecule has 2 aliphatic heterocycles. The van der Waals surface area contributed by atoms with Gasteiger partial charge in [-0.2, -0.15) is 4.31 Å². The highest BCUT2D eigenvalue weighted by molar-refractivity contribution is 7.89. The van der Waals surface area contributed by atoms with Crippen LogP contribution in [-0.4, -0.2) is 69.1 Å². The predicted octanol–water partition coefficient (Wildman–Crippen LogP) is 3.24. The third-order valence-corrected chi connectivity index (χ3v) is 8.67. The zero-order chi connectivity index (χ0) is 21.8. The number of thiophene rings is 1. The van der Waals surface area contributed by atoms with Crippen LogP contribution in [0.15, 0.2) is 40.6 Å². The minimum atomic E-state index is -3.82. The Bertz CT molecular complexity index is 1000. The molecule has 0 saturated carbocycles. The molecule has 0 N–H and O–H groups in total. The quantitative estimate of drug-likeness (QED) is 0.603. The molecule has 1 amide bonds. The zero-order valence-electron chi connectivity index (χ0n) is 17.0. The minimum Gasteiger partial charge on any atom is -0.379 e.